The number of H-pyrrole nitrogens is 1. The number of benzene rings is 1. The largest absolute Gasteiger partial charge is 0.494 e. The molecule has 0 bridgehead atoms. The third kappa shape index (κ3) is 5.70. The quantitative estimate of drug-likeness (QED) is 0.391. The van der Waals surface area contributed by atoms with Crippen molar-refractivity contribution in [2.45, 2.75) is 46.6 Å². The van der Waals surface area contributed by atoms with Gasteiger partial charge in [0.05, 0.1) is 25.0 Å². The molecule has 1 atom stereocenters. The summed E-state index contributed by atoms with van der Waals surface area (Å²) in [5.41, 5.74) is 2.67. The third-order valence-corrected chi connectivity index (χ3v) is 4.53. The first-order valence-corrected chi connectivity index (χ1v) is 9.45. The summed E-state index contributed by atoms with van der Waals surface area (Å²) in [5, 5.41) is 0. The number of Topliss-reactive ketones (excluding diaryl/α,β-unsaturated/α-hetero) is 1. The van der Waals surface area contributed by atoms with Crippen molar-refractivity contribution >= 4 is 17.7 Å². The number of carbonyl (C=O) groups is 3. The summed E-state index contributed by atoms with van der Waals surface area (Å²) >= 11 is 0. The maximum Gasteiger partial charge on any atom is 0.339 e. The molecule has 0 spiro atoms. The number of rotatable bonds is 9. The van der Waals surface area contributed by atoms with Gasteiger partial charge in [0.2, 0.25) is 5.78 Å². The fourth-order valence-corrected chi connectivity index (χ4v) is 3.03. The van der Waals surface area contributed by atoms with Crippen LogP contribution in [0.2, 0.25) is 0 Å². The van der Waals surface area contributed by atoms with Gasteiger partial charge in [0, 0.05) is 12.1 Å². The van der Waals surface area contributed by atoms with E-state index in [9.17, 15) is 14.4 Å². The topological polar surface area (TPSA) is 94.7 Å². The van der Waals surface area contributed by atoms with E-state index in [0.29, 0.717) is 29.8 Å². The molecule has 0 fully saturated rings. The predicted molar refractivity (Wildman–Crippen MR) is 107 cm³/mol. The summed E-state index contributed by atoms with van der Waals surface area (Å²) in [7, 11) is 1.28. The molecule has 1 heterocycles. The molecule has 156 valence electrons. The average molecular weight is 401 g/mol. The molecule has 1 N–H and O–H groups in total. The number of carbonyl (C=O) groups excluding carboxylic acids is 3. The lowest BCUT2D eigenvalue weighted by molar-refractivity contribution is -0.146. The monoisotopic (exact) mass is 401 g/mol. The van der Waals surface area contributed by atoms with Gasteiger partial charge in [-0.1, -0.05) is 12.1 Å². The van der Waals surface area contributed by atoms with Crippen molar-refractivity contribution in [3.63, 3.8) is 0 Å². The van der Waals surface area contributed by atoms with E-state index in [1.165, 1.54) is 14.0 Å². The second-order valence-corrected chi connectivity index (χ2v) is 6.88. The van der Waals surface area contributed by atoms with Gasteiger partial charge in [-0.25, -0.2) is 4.79 Å². The molecule has 0 aliphatic carbocycles. The second kappa shape index (κ2) is 9.91. The normalized spacial score (nSPS) is 11.6. The van der Waals surface area contributed by atoms with Gasteiger partial charge in [0.25, 0.3) is 0 Å². The van der Waals surface area contributed by atoms with Crippen molar-refractivity contribution in [3.05, 3.63) is 52.3 Å². The van der Waals surface area contributed by atoms with Crippen LogP contribution in [0, 0.1) is 20.8 Å². The Kier molecular flexibility index (Phi) is 7.59. The van der Waals surface area contributed by atoms with E-state index in [2.05, 4.69) is 4.98 Å². The molecule has 0 saturated heterocycles. The highest BCUT2D eigenvalue weighted by Gasteiger charge is 2.27. The minimum Gasteiger partial charge on any atom is -0.494 e. The molecule has 1 aromatic heterocycles. The molecule has 2 rings (SSSR count). The molecule has 7 nitrogen and oxygen atoms in total. The number of hydrogen-bond acceptors (Lipinski definition) is 6. The van der Waals surface area contributed by atoms with Crippen LogP contribution in [0.5, 0.6) is 5.75 Å². The Hall–Kier alpha value is -3.09. The molecular formula is C22H27NO6. The molecule has 0 amide bonds. The predicted octanol–water partition coefficient (Wildman–Crippen LogP) is 3.70. The van der Waals surface area contributed by atoms with Crippen LogP contribution in [-0.2, 0) is 14.3 Å². The van der Waals surface area contributed by atoms with E-state index >= 15 is 0 Å². The zero-order valence-corrected chi connectivity index (χ0v) is 17.5. The van der Waals surface area contributed by atoms with Crippen LogP contribution in [0.4, 0.5) is 0 Å². The molecule has 7 heteroatoms. The van der Waals surface area contributed by atoms with Crippen molar-refractivity contribution < 1.29 is 28.6 Å². The minimum atomic E-state index is -0.970. The number of nitrogens with one attached hydrogen (secondary N) is 1. The molecule has 0 unspecified atom stereocenters. The van der Waals surface area contributed by atoms with Crippen LogP contribution in [0.1, 0.15) is 57.4 Å². The van der Waals surface area contributed by atoms with Gasteiger partial charge in [-0.3, -0.25) is 9.59 Å². The number of hydrogen-bond donors (Lipinski definition) is 1. The van der Waals surface area contributed by atoms with Gasteiger partial charge < -0.3 is 19.2 Å². The number of ether oxygens (including phenoxy) is 3. The van der Waals surface area contributed by atoms with Crippen LogP contribution in [-0.4, -0.2) is 42.5 Å². The van der Waals surface area contributed by atoms with E-state index in [0.717, 1.165) is 11.3 Å². The number of aromatic amines is 1. The Bertz CT molecular complexity index is 899. The Balaban J connectivity index is 1.86. The lowest BCUT2D eigenvalue weighted by Gasteiger charge is -2.12. The SMILES string of the molecule is COC(=O)c1c(C)[nH]c(C(=O)[C@H](C)OC(=O)CCCOc2cccc(C)c2)c1C. The first-order chi connectivity index (χ1) is 13.7. The lowest BCUT2D eigenvalue weighted by Crippen LogP contribution is -2.25. The van der Waals surface area contributed by atoms with Crippen LogP contribution in [0.25, 0.3) is 0 Å². The summed E-state index contributed by atoms with van der Waals surface area (Å²) < 4.78 is 15.6. The lowest BCUT2D eigenvalue weighted by atomic mass is 10.1. The van der Waals surface area contributed by atoms with Crippen molar-refractivity contribution in [3.8, 4) is 5.75 Å². The first kappa shape index (κ1) is 22.2. The minimum absolute atomic E-state index is 0.138. The van der Waals surface area contributed by atoms with Gasteiger partial charge in [-0.15, -0.1) is 0 Å². The molecular weight excluding hydrogens is 374 g/mol. The Morgan fingerprint density at radius 2 is 1.86 bits per heavy atom. The maximum atomic E-state index is 12.6. The van der Waals surface area contributed by atoms with Gasteiger partial charge >= 0.3 is 11.9 Å². The smallest absolute Gasteiger partial charge is 0.339 e. The van der Waals surface area contributed by atoms with Gasteiger partial charge in [-0.05, 0) is 57.4 Å². The average Bonchev–Trinajstić information content (AvgIpc) is 2.98. The molecule has 1 aromatic carbocycles. The van der Waals surface area contributed by atoms with Crippen LogP contribution >= 0.6 is 0 Å². The van der Waals surface area contributed by atoms with Crippen molar-refractivity contribution in [2.75, 3.05) is 13.7 Å². The van der Waals surface area contributed by atoms with E-state index in [-0.39, 0.29) is 12.1 Å². The van der Waals surface area contributed by atoms with Crippen molar-refractivity contribution in [2.24, 2.45) is 0 Å². The fraction of sp³-hybridized carbons (Fsp3) is 0.409. The summed E-state index contributed by atoms with van der Waals surface area (Å²) in [6.45, 7) is 7.19. The molecule has 2 aromatic rings. The highest BCUT2D eigenvalue weighted by molar-refractivity contribution is 6.03. The summed E-state index contributed by atoms with van der Waals surface area (Å²) in [4.78, 5) is 39.4. The first-order valence-electron chi connectivity index (χ1n) is 9.45. The summed E-state index contributed by atoms with van der Waals surface area (Å²) in [6, 6.07) is 7.66. The zero-order chi connectivity index (χ0) is 21.6. The van der Waals surface area contributed by atoms with E-state index in [1.54, 1.807) is 13.8 Å². The second-order valence-electron chi connectivity index (χ2n) is 6.88. The van der Waals surface area contributed by atoms with E-state index in [4.69, 9.17) is 14.2 Å². The van der Waals surface area contributed by atoms with Gasteiger partial charge in [0.1, 0.15) is 5.75 Å². The third-order valence-electron chi connectivity index (χ3n) is 4.53. The van der Waals surface area contributed by atoms with Gasteiger partial charge in [0.15, 0.2) is 6.10 Å². The van der Waals surface area contributed by atoms with Gasteiger partial charge in [-0.2, -0.15) is 0 Å². The Morgan fingerprint density at radius 1 is 1.14 bits per heavy atom. The Labute approximate surface area is 170 Å². The standard InChI is InChI=1S/C22H27NO6/c1-13-8-6-9-17(12-13)28-11-7-10-18(24)29-16(4)21(25)20-14(2)19(15(3)23-20)22(26)27-5/h6,8-9,12,16,23H,7,10-11H2,1-5H3/t16-/m0/s1. The van der Waals surface area contributed by atoms with E-state index < -0.39 is 23.8 Å². The van der Waals surface area contributed by atoms with Crippen LogP contribution in [0.15, 0.2) is 24.3 Å². The Morgan fingerprint density at radius 3 is 2.52 bits per heavy atom. The highest BCUT2D eigenvalue weighted by atomic mass is 16.5. The van der Waals surface area contributed by atoms with Crippen molar-refractivity contribution in [1.82, 2.24) is 4.98 Å². The molecule has 0 saturated carbocycles. The van der Waals surface area contributed by atoms with Crippen LogP contribution in [0.3, 0.4) is 0 Å². The van der Waals surface area contributed by atoms with E-state index in [1.807, 2.05) is 31.2 Å². The summed E-state index contributed by atoms with van der Waals surface area (Å²) in [6.07, 6.45) is -0.358. The number of aromatic nitrogens is 1. The number of methoxy groups -OCH3 is 1. The maximum absolute atomic E-state index is 12.6. The van der Waals surface area contributed by atoms with Crippen molar-refractivity contribution in [1.29, 1.82) is 0 Å². The fourth-order valence-electron chi connectivity index (χ4n) is 3.03. The zero-order valence-electron chi connectivity index (χ0n) is 17.5. The molecule has 0 radical (unpaired) electrons. The summed E-state index contributed by atoms with van der Waals surface area (Å²) in [5.74, 6) is -0.646. The van der Waals surface area contributed by atoms with Crippen LogP contribution < -0.4 is 4.74 Å². The highest BCUT2D eigenvalue weighted by Crippen LogP contribution is 2.21. The molecule has 0 aliphatic heterocycles. The molecule has 29 heavy (non-hydrogen) atoms. The number of esters is 2. The number of aryl methyl sites for hydroxylation is 2. The number of ketones is 1. The molecule has 0 aliphatic rings.